The van der Waals surface area contributed by atoms with Crippen molar-refractivity contribution in [3.63, 3.8) is 0 Å². The van der Waals surface area contributed by atoms with Crippen molar-refractivity contribution < 1.29 is 21.8 Å². The lowest BCUT2D eigenvalue weighted by Crippen LogP contribution is -3.00. The molecule has 1 aromatic rings. The van der Waals surface area contributed by atoms with Crippen LogP contribution in [0.2, 0.25) is 0 Å². The number of carbonyl (C=O) groups excluding carboxylic acids is 1. The summed E-state index contributed by atoms with van der Waals surface area (Å²) in [5, 5.41) is 3.18. The summed E-state index contributed by atoms with van der Waals surface area (Å²) in [6, 6.07) is 4.63. The lowest BCUT2D eigenvalue weighted by Gasteiger charge is -2.10. The van der Waals surface area contributed by atoms with Gasteiger partial charge in [0.05, 0.1) is 6.54 Å². The number of aryl methyl sites for hydroxylation is 3. The number of carbonyl (C=O) groups is 1. The molecule has 1 aromatic heterocycles. The number of aromatic nitrogens is 1. The molecule has 0 aromatic carbocycles. The Morgan fingerprint density at radius 1 is 0.641 bits per heavy atom. The zero-order chi connectivity index (χ0) is 27.7. The summed E-state index contributed by atoms with van der Waals surface area (Å²) in [5.74, 6) is 0.223. The molecule has 0 aliphatic carbocycles. The van der Waals surface area contributed by atoms with Gasteiger partial charge in [0.25, 0.3) is 0 Å². The summed E-state index contributed by atoms with van der Waals surface area (Å²) < 4.78 is 2.43. The molecule has 1 N–H and O–H groups in total. The number of rotatable bonds is 26. The second-order valence-electron chi connectivity index (χ2n) is 11.9. The molecule has 39 heavy (non-hydrogen) atoms. The molecule has 0 spiro atoms. The van der Waals surface area contributed by atoms with E-state index in [4.69, 9.17) is 0 Å². The third-order valence-electron chi connectivity index (χ3n) is 8.05. The van der Waals surface area contributed by atoms with E-state index in [2.05, 4.69) is 49.7 Å². The van der Waals surface area contributed by atoms with Crippen LogP contribution in [0.4, 0.5) is 0 Å². The zero-order valence-corrected chi connectivity index (χ0v) is 27.3. The molecule has 0 fully saturated rings. The minimum absolute atomic E-state index is 0. The number of unbranched alkanes of at least 4 members (excludes halogenated alkanes) is 19. The summed E-state index contributed by atoms with van der Waals surface area (Å²) in [4.78, 5) is 12.3. The highest BCUT2D eigenvalue weighted by molar-refractivity contribution is 5.75. The molecule has 228 valence electrons. The molecule has 0 saturated carbocycles. The van der Waals surface area contributed by atoms with Crippen LogP contribution in [-0.2, 0) is 17.8 Å². The molecule has 0 atom stereocenters. The highest BCUT2D eigenvalue weighted by Gasteiger charge is 2.15. The molecular formula is C35H65ClN2O. The number of nitrogens with one attached hydrogen (secondary N) is 1. The van der Waals surface area contributed by atoms with Crippen molar-refractivity contribution in [1.29, 1.82) is 0 Å². The van der Waals surface area contributed by atoms with Crippen molar-refractivity contribution >= 4 is 5.91 Å². The number of halogens is 1. The Kier molecular flexibility index (Phi) is 26.3. The Morgan fingerprint density at radius 2 is 1.08 bits per heavy atom. The molecule has 0 aliphatic heterocycles. The van der Waals surface area contributed by atoms with E-state index in [1.165, 1.54) is 145 Å². The fourth-order valence-electron chi connectivity index (χ4n) is 5.68. The van der Waals surface area contributed by atoms with Gasteiger partial charge in [0.2, 0.25) is 5.91 Å². The van der Waals surface area contributed by atoms with Crippen molar-refractivity contribution in [1.82, 2.24) is 5.32 Å². The summed E-state index contributed by atoms with van der Waals surface area (Å²) in [5.41, 5.74) is 4.09. The maximum absolute atomic E-state index is 12.3. The first-order valence-electron chi connectivity index (χ1n) is 16.8. The minimum atomic E-state index is 0. The SMILES string of the molecule is CCCCCCCCCCCCCCc1cc(C)cc(C)[n+]1CCNC(=O)CCCCCCCCCCC.[Cl-]. The molecule has 3 nitrogen and oxygen atoms in total. The summed E-state index contributed by atoms with van der Waals surface area (Å²) in [7, 11) is 0. The molecular weight excluding hydrogens is 500 g/mol. The Bertz CT molecular complexity index is 706. The van der Waals surface area contributed by atoms with Gasteiger partial charge < -0.3 is 17.7 Å². The normalized spacial score (nSPS) is 11.0. The smallest absolute Gasteiger partial charge is 0.220 e. The average Bonchev–Trinajstić information content (AvgIpc) is 2.89. The van der Waals surface area contributed by atoms with Crippen molar-refractivity contribution in [3.8, 4) is 0 Å². The number of amides is 1. The van der Waals surface area contributed by atoms with Crippen molar-refractivity contribution in [2.75, 3.05) is 6.54 Å². The van der Waals surface area contributed by atoms with Crippen molar-refractivity contribution in [3.05, 3.63) is 29.1 Å². The topological polar surface area (TPSA) is 33.0 Å². The van der Waals surface area contributed by atoms with Crippen LogP contribution in [0.5, 0.6) is 0 Å². The average molecular weight is 565 g/mol. The van der Waals surface area contributed by atoms with Crippen LogP contribution in [-0.4, -0.2) is 12.5 Å². The Morgan fingerprint density at radius 3 is 1.56 bits per heavy atom. The summed E-state index contributed by atoms with van der Waals surface area (Å²) >= 11 is 0. The number of hydrogen-bond acceptors (Lipinski definition) is 1. The van der Waals surface area contributed by atoms with E-state index in [1.807, 2.05) is 0 Å². The van der Waals surface area contributed by atoms with Gasteiger partial charge >= 0.3 is 0 Å². The Labute approximate surface area is 250 Å². The molecule has 0 radical (unpaired) electrons. The van der Waals surface area contributed by atoms with Gasteiger partial charge in [0.1, 0.15) is 0 Å². The van der Waals surface area contributed by atoms with E-state index in [9.17, 15) is 4.79 Å². The molecule has 4 heteroatoms. The van der Waals surface area contributed by atoms with Crippen LogP contribution in [0.15, 0.2) is 12.1 Å². The third-order valence-corrected chi connectivity index (χ3v) is 8.05. The number of nitrogens with zero attached hydrogens (tertiary/aromatic N) is 1. The Balaban J connectivity index is 0.0000144. The van der Waals surface area contributed by atoms with Crippen molar-refractivity contribution in [2.45, 2.75) is 182 Å². The van der Waals surface area contributed by atoms with E-state index in [0.29, 0.717) is 6.42 Å². The lowest BCUT2D eigenvalue weighted by molar-refractivity contribution is -0.707. The second kappa shape index (κ2) is 27.1. The van der Waals surface area contributed by atoms with Crippen LogP contribution in [0.1, 0.15) is 172 Å². The number of pyridine rings is 1. The van der Waals surface area contributed by atoms with Crippen molar-refractivity contribution in [2.24, 2.45) is 0 Å². The van der Waals surface area contributed by atoms with Crippen LogP contribution >= 0.6 is 0 Å². The fourth-order valence-corrected chi connectivity index (χ4v) is 5.68. The van der Waals surface area contributed by atoms with Gasteiger partial charge in [-0.25, -0.2) is 0 Å². The van der Waals surface area contributed by atoms with Gasteiger partial charge in [0.15, 0.2) is 17.9 Å². The second-order valence-corrected chi connectivity index (χ2v) is 11.9. The molecule has 0 saturated heterocycles. The molecule has 0 unspecified atom stereocenters. The van der Waals surface area contributed by atoms with Crippen LogP contribution in [0.25, 0.3) is 0 Å². The van der Waals surface area contributed by atoms with Crippen LogP contribution in [0, 0.1) is 13.8 Å². The summed E-state index contributed by atoms with van der Waals surface area (Å²) in [6.07, 6.45) is 30.2. The first-order valence-corrected chi connectivity index (χ1v) is 16.8. The van der Waals surface area contributed by atoms with E-state index in [-0.39, 0.29) is 18.3 Å². The maximum atomic E-state index is 12.3. The molecule has 1 rings (SSSR count). The highest BCUT2D eigenvalue weighted by Crippen LogP contribution is 2.14. The first kappa shape index (κ1) is 37.9. The van der Waals surface area contributed by atoms with Gasteiger partial charge in [-0.15, -0.1) is 0 Å². The van der Waals surface area contributed by atoms with Gasteiger partial charge in [-0.05, 0) is 25.3 Å². The zero-order valence-electron chi connectivity index (χ0n) is 26.6. The van der Waals surface area contributed by atoms with Gasteiger partial charge in [0, 0.05) is 31.9 Å². The number of hydrogen-bond donors (Lipinski definition) is 1. The van der Waals surface area contributed by atoms with E-state index < -0.39 is 0 Å². The highest BCUT2D eigenvalue weighted by atomic mass is 35.5. The van der Waals surface area contributed by atoms with Crippen LogP contribution < -0.4 is 22.3 Å². The standard InChI is InChI=1S/C35H64N2O.ClH/c1-5-7-9-11-13-15-16-17-19-20-22-24-26-34-31-32(3)30-33(4)37(34)29-28-36-35(38)27-25-23-21-18-14-12-10-8-6-2;/h30-31H,5-29H2,1-4H3;1H. The molecule has 0 bridgehead atoms. The van der Waals surface area contributed by atoms with E-state index >= 15 is 0 Å². The molecule has 1 amide bonds. The maximum Gasteiger partial charge on any atom is 0.220 e. The van der Waals surface area contributed by atoms with Gasteiger partial charge in [-0.3, -0.25) is 4.79 Å². The molecule has 0 aliphatic rings. The van der Waals surface area contributed by atoms with Gasteiger partial charge in [-0.2, -0.15) is 4.57 Å². The predicted octanol–water partition coefficient (Wildman–Crippen LogP) is 6.88. The molecule has 1 heterocycles. The largest absolute Gasteiger partial charge is 1.00 e. The van der Waals surface area contributed by atoms with E-state index in [0.717, 1.165) is 25.9 Å². The summed E-state index contributed by atoms with van der Waals surface area (Å²) in [6.45, 7) is 10.6. The van der Waals surface area contributed by atoms with Crippen LogP contribution in [0.3, 0.4) is 0 Å². The Hall–Kier alpha value is -1.09. The minimum Gasteiger partial charge on any atom is -1.00 e. The first-order chi connectivity index (χ1) is 18.6. The lowest BCUT2D eigenvalue weighted by atomic mass is 10.0. The monoisotopic (exact) mass is 564 g/mol. The predicted molar refractivity (Wildman–Crippen MR) is 166 cm³/mol. The fraction of sp³-hybridized carbons (Fsp3) is 0.829. The third kappa shape index (κ3) is 21.3. The van der Waals surface area contributed by atoms with Gasteiger partial charge in [-0.1, -0.05) is 136 Å². The van der Waals surface area contributed by atoms with E-state index in [1.54, 1.807) is 0 Å². The quantitative estimate of drug-likeness (QED) is 0.0965.